The number of hydrogen-bond acceptors (Lipinski definition) is 2. The van der Waals surface area contributed by atoms with Crippen molar-refractivity contribution in [2.45, 2.75) is 19.4 Å². The Bertz CT molecular complexity index is 763. The van der Waals surface area contributed by atoms with Gasteiger partial charge in [-0.05, 0) is 47.7 Å². The third-order valence-electron chi connectivity index (χ3n) is 3.84. The number of benzene rings is 2. The highest BCUT2D eigenvalue weighted by molar-refractivity contribution is 7.10. The third kappa shape index (κ3) is 2.98. The number of fused-ring (bicyclic) bond motifs is 1. The van der Waals surface area contributed by atoms with Crippen LogP contribution in [0.1, 0.15) is 22.0 Å². The first-order chi connectivity index (χ1) is 10.2. The summed E-state index contributed by atoms with van der Waals surface area (Å²) in [5, 5.41) is 9.00. The molecule has 0 aliphatic carbocycles. The maximum absolute atomic E-state index is 6.41. The van der Waals surface area contributed by atoms with E-state index in [4.69, 9.17) is 11.6 Å². The SMILES string of the molecule is CNC(Cc1ccc2ccccc2c1)c1scc(C)c1Cl. The standard InChI is InChI=1S/C18H18ClNS/c1-12-11-21-18(17(12)19)16(20-2)10-13-7-8-14-5-3-4-6-15(14)9-13/h3-9,11,16,20H,10H2,1-2H3. The molecule has 21 heavy (non-hydrogen) atoms. The van der Waals surface area contributed by atoms with Crippen molar-refractivity contribution >= 4 is 33.7 Å². The molecule has 0 saturated carbocycles. The van der Waals surface area contributed by atoms with Crippen LogP contribution >= 0.6 is 22.9 Å². The first-order valence-corrected chi connectivity index (χ1v) is 8.33. The zero-order valence-corrected chi connectivity index (χ0v) is 13.8. The van der Waals surface area contributed by atoms with E-state index in [-0.39, 0.29) is 6.04 Å². The summed E-state index contributed by atoms with van der Waals surface area (Å²) >= 11 is 8.15. The molecule has 0 aliphatic rings. The van der Waals surface area contributed by atoms with Gasteiger partial charge in [-0.1, -0.05) is 54.1 Å². The minimum atomic E-state index is 0.261. The highest BCUT2D eigenvalue weighted by Gasteiger charge is 2.17. The second-order valence-corrected chi connectivity index (χ2v) is 6.61. The maximum Gasteiger partial charge on any atom is 0.0590 e. The lowest BCUT2D eigenvalue weighted by Gasteiger charge is -2.16. The molecule has 1 aromatic heterocycles. The van der Waals surface area contributed by atoms with E-state index in [0.29, 0.717) is 0 Å². The maximum atomic E-state index is 6.41. The van der Waals surface area contributed by atoms with Crippen molar-refractivity contribution in [1.29, 1.82) is 0 Å². The summed E-state index contributed by atoms with van der Waals surface area (Å²) in [6.07, 6.45) is 0.945. The Morgan fingerprint density at radius 3 is 2.57 bits per heavy atom. The van der Waals surface area contributed by atoms with Crippen LogP contribution in [0.25, 0.3) is 10.8 Å². The van der Waals surface area contributed by atoms with E-state index >= 15 is 0 Å². The number of likely N-dealkylation sites (N-methyl/N-ethyl adjacent to an activating group) is 1. The molecule has 1 N–H and O–H groups in total. The van der Waals surface area contributed by atoms with Crippen molar-refractivity contribution in [2.75, 3.05) is 7.05 Å². The van der Waals surface area contributed by atoms with Gasteiger partial charge in [0.2, 0.25) is 0 Å². The molecule has 0 radical (unpaired) electrons. The van der Waals surface area contributed by atoms with Gasteiger partial charge < -0.3 is 5.32 Å². The van der Waals surface area contributed by atoms with Gasteiger partial charge in [0.1, 0.15) is 0 Å². The fourth-order valence-corrected chi connectivity index (χ4v) is 4.05. The van der Waals surface area contributed by atoms with Crippen LogP contribution in [-0.2, 0) is 6.42 Å². The molecule has 108 valence electrons. The van der Waals surface area contributed by atoms with Crippen LogP contribution in [-0.4, -0.2) is 7.05 Å². The molecule has 3 heteroatoms. The Balaban J connectivity index is 1.90. The van der Waals surface area contributed by atoms with Crippen molar-refractivity contribution in [1.82, 2.24) is 5.32 Å². The quantitative estimate of drug-likeness (QED) is 0.683. The number of thiophene rings is 1. The molecule has 1 nitrogen and oxygen atoms in total. The summed E-state index contributed by atoms with van der Waals surface area (Å²) in [5.41, 5.74) is 2.49. The summed E-state index contributed by atoms with van der Waals surface area (Å²) in [7, 11) is 2.00. The Kier molecular flexibility index (Phi) is 4.29. The molecular formula is C18H18ClNS. The normalized spacial score (nSPS) is 12.7. The lowest BCUT2D eigenvalue weighted by atomic mass is 10.0. The van der Waals surface area contributed by atoms with E-state index in [1.807, 2.05) is 7.05 Å². The van der Waals surface area contributed by atoms with Crippen molar-refractivity contribution in [3.05, 3.63) is 68.9 Å². The van der Waals surface area contributed by atoms with Crippen LogP contribution in [0.4, 0.5) is 0 Å². The highest BCUT2D eigenvalue weighted by atomic mass is 35.5. The van der Waals surface area contributed by atoms with E-state index < -0.39 is 0 Å². The predicted octanol–water partition coefficient (Wildman–Crippen LogP) is 5.37. The van der Waals surface area contributed by atoms with Gasteiger partial charge in [-0.15, -0.1) is 11.3 Å². The van der Waals surface area contributed by atoms with Crippen molar-refractivity contribution in [3.8, 4) is 0 Å². The fourth-order valence-electron chi connectivity index (χ4n) is 2.61. The summed E-state index contributed by atoms with van der Waals surface area (Å²) in [5.74, 6) is 0. The van der Waals surface area contributed by atoms with Crippen molar-refractivity contribution < 1.29 is 0 Å². The topological polar surface area (TPSA) is 12.0 Å². The van der Waals surface area contributed by atoms with Crippen LogP contribution in [0.3, 0.4) is 0 Å². The number of nitrogens with one attached hydrogen (secondary N) is 1. The van der Waals surface area contributed by atoms with Crippen molar-refractivity contribution in [3.63, 3.8) is 0 Å². The molecule has 0 aliphatic heterocycles. The molecule has 0 saturated heterocycles. The molecule has 3 rings (SSSR count). The molecular weight excluding hydrogens is 298 g/mol. The number of aryl methyl sites for hydroxylation is 1. The number of rotatable bonds is 4. The van der Waals surface area contributed by atoms with Crippen LogP contribution in [0.5, 0.6) is 0 Å². The minimum Gasteiger partial charge on any atom is -0.312 e. The van der Waals surface area contributed by atoms with E-state index in [0.717, 1.165) is 17.0 Å². The predicted molar refractivity (Wildman–Crippen MR) is 93.5 cm³/mol. The summed E-state index contributed by atoms with van der Waals surface area (Å²) in [4.78, 5) is 1.23. The molecule has 1 unspecified atom stereocenters. The minimum absolute atomic E-state index is 0.261. The Labute approximate surface area is 134 Å². The molecule has 0 fully saturated rings. The Morgan fingerprint density at radius 2 is 1.90 bits per heavy atom. The number of halogens is 1. The van der Waals surface area contributed by atoms with E-state index in [1.165, 1.54) is 21.2 Å². The van der Waals surface area contributed by atoms with Crippen LogP contribution in [0.15, 0.2) is 47.8 Å². The van der Waals surface area contributed by atoms with Crippen LogP contribution in [0, 0.1) is 6.92 Å². The first-order valence-electron chi connectivity index (χ1n) is 7.07. The Morgan fingerprint density at radius 1 is 1.14 bits per heavy atom. The van der Waals surface area contributed by atoms with Gasteiger partial charge in [-0.3, -0.25) is 0 Å². The molecule has 1 atom stereocenters. The molecule has 1 heterocycles. The van der Waals surface area contributed by atoms with Gasteiger partial charge in [0, 0.05) is 10.9 Å². The smallest absolute Gasteiger partial charge is 0.0590 e. The summed E-state index contributed by atoms with van der Waals surface area (Å²) in [6.45, 7) is 2.06. The molecule has 0 bridgehead atoms. The number of hydrogen-bond donors (Lipinski definition) is 1. The van der Waals surface area contributed by atoms with Gasteiger partial charge in [0.25, 0.3) is 0 Å². The highest BCUT2D eigenvalue weighted by Crippen LogP contribution is 2.34. The zero-order valence-electron chi connectivity index (χ0n) is 12.2. The third-order valence-corrected chi connectivity index (χ3v) is 5.67. The second-order valence-electron chi connectivity index (χ2n) is 5.32. The largest absolute Gasteiger partial charge is 0.312 e. The lowest BCUT2D eigenvalue weighted by molar-refractivity contribution is 0.602. The summed E-state index contributed by atoms with van der Waals surface area (Å²) in [6, 6.07) is 15.4. The molecule has 2 aromatic carbocycles. The molecule has 0 spiro atoms. The van der Waals surface area contributed by atoms with Crippen LogP contribution in [0.2, 0.25) is 5.02 Å². The molecule has 3 aromatic rings. The Hall–Kier alpha value is -1.35. The van der Waals surface area contributed by atoms with E-state index in [1.54, 1.807) is 11.3 Å². The second kappa shape index (κ2) is 6.18. The van der Waals surface area contributed by atoms with E-state index in [2.05, 4.69) is 60.1 Å². The van der Waals surface area contributed by atoms with Gasteiger partial charge in [-0.25, -0.2) is 0 Å². The monoisotopic (exact) mass is 315 g/mol. The van der Waals surface area contributed by atoms with Crippen LogP contribution < -0.4 is 5.32 Å². The first kappa shape index (κ1) is 14.6. The van der Waals surface area contributed by atoms with Gasteiger partial charge in [0.15, 0.2) is 0 Å². The average molecular weight is 316 g/mol. The molecule has 0 amide bonds. The van der Waals surface area contributed by atoms with Gasteiger partial charge in [-0.2, -0.15) is 0 Å². The van der Waals surface area contributed by atoms with Gasteiger partial charge in [0.05, 0.1) is 5.02 Å². The van der Waals surface area contributed by atoms with Crippen molar-refractivity contribution in [2.24, 2.45) is 0 Å². The fraction of sp³-hybridized carbons (Fsp3) is 0.222. The summed E-state index contributed by atoms with van der Waals surface area (Å²) < 4.78 is 0. The van der Waals surface area contributed by atoms with E-state index in [9.17, 15) is 0 Å². The lowest BCUT2D eigenvalue weighted by Crippen LogP contribution is -2.18. The average Bonchev–Trinajstić information content (AvgIpc) is 2.84. The van der Waals surface area contributed by atoms with Gasteiger partial charge >= 0.3 is 0 Å². The zero-order chi connectivity index (χ0) is 14.8.